The van der Waals surface area contributed by atoms with E-state index in [-0.39, 0.29) is 18.9 Å². The number of unbranched alkanes of at least 4 members (excludes halogenated alkanes) is 41. The van der Waals surface area contributed by atoms with Crippen molar-refractivity contribution in [1.29, 1.82) is 0 Å². The van der Waals surface area contributed by atoms with Crippen molar-refractivity contribution in [3.8, 4) is 0 Å². The van der Waals surface area contributed by atoms with E-state index in [4.69, 9.17) is 28.4 Å². The van der Waals surface area contributed by atoms with Crippen LogP contribution in [0.5, 0.6) is 0 Å². The number of ether oxygens (including phenoxy) is 6. The Labute approximate surface area is 574 Å². The number of hydrogen-bond acceptors (Lipinski definition) is 18. The molecular formula is C76H141NO18. The van der Waals surface area contributed by atoms with Gasteiger partial charge in [-0.3, -0.25) is 4.79 Å². The Balaban J connectivity index is 1.38. The van der Waals surface area contributed by atoms with Crippen molar-refractivity contribution >= 4 is 5.91 Å². The van der Waals surface area contributed by atoms with E-state index in [1.807, 2.05) is 6.08 Å². The minimum absolute atomic E-state index is 0.239. The van der Waals surface area contributed by atoms with Gasteiger partial charge in [-0.2, -0.15) is 0 Å². The summed E-state index contributed by atoms with van der Waals surface area (Å²) in [5.41, 5.74) is 0. The van der Waals surface area contributed by atoms with E-state index < -0.39 is 124 Å². The lowest BCUT2D eigenvalue weighted by atomic mass is 9.96. The molecule has 17 unspecified atom stereocenters. The number of aliphatic hydroxyl groups is 11. The highest BCUT2D eigenvalue weighted by Gasteiger charge is 2.53. The lowest BCUT2D eigenvalue weighted by Crippen LogP contribution is -2.66. The van der Waals surface area contributed by atoms with E-state index in [2.05, 4.69) is 43.5 Å². The second kappa shape index (κ2) is 57.6. The first-order valence-electron chi connectivity index (χ1n) is 38.7. The molecule has 3 saturated heterocycles. The zero-order chi connectivity index (χ0) is 68.9. The van der Waals surface area contributed by atoms with Gasteiger partial charge in [-0.25, -0.2) is 0 Å². The maximum Gasteiger partial charge on any atom is 0.220 e. The number of carbonyl (C=O) groups excluding carboxylic acids is 1. The normalized spacial score (nSPS) is 27.4. The highest BCUT2D eigenvalue weighted by atomic mass is 16.8. The van der Waals surface area contributed by atoms with Crippen LogP contribution in [0.2, 0.25) is 0 Å². The molecule has 0 saturated carbocycles. The van der Waals surface area contributed by atoms with Crippen LogP contribution in [-0.2, 0) is 33.2 Å². The SMILES string of the molecule is CCCCCCCCCC/C=C\CCCCCCCCCCCCCCCCCCCCCC(=O)NC(COC1OC(CO)C(OC2OC(CO)C(OC3OC(CO)C(O)C(O)C3O)C(O)C2O)C(O)C1O)C(O)/C=C/CC/C=C/CCCCCCCCCCCCCCC. The van der Waals surface area contributed by atoms with Crippen molar-refractivity contribution in [2.24, 2.45) is 0 Å². The number of aliphatic hydroxyl groups excluding tert-OH is 11. The summed E-state index contributed by atoms with van der Waals surface area (Å²) in [5.74, 6) is -0.280. The largest absolute Gasteiger partial charge is 0.394 e. The number of amides is 1. The minimum Gasteiger partial charge on any atom is -0.394 e. The summed E-state index contributed by atoms with van der Waals surface area (Å²) < 4.78 is 34.4. The van der Waals surface area contributed by atoms with Crippen molar-refractivity contribution in [2.75, 3.05) is 26.4 Å². The molecule has 95 heavy (non-hydrogen) atoms. The van der Waals surface area contributed by atoms with Gasteiger partial charge >= 0.3 is 0 Å². The third kappa shape index (κ3) is 38.6. The molecule has 3 fully saturated rings. The van der Waals surface area contributed by atoms with Crippen LogP contribution in [0.1, 0.15) is 309 Å². The molecule has 0 aromatic carbocycles. The summed E-state index contributed by atoms with van der Waals surface area (Å²) in [6.07, 6.45) is 42.8. The summed E-state index contributed by atoms with van der Waals surface area (Å²) in [6.45, 7) is 1.75. The topological polar surface area (TPSA) is 307 Å². The summed E-state index contributed by atoms with van der Waals surface area (Å²) >= 11 is 0. The van der Waals surface area contributed by atoms with Crippen LogP contribution >= 0.6 is 0 Å². The van der Waals surface area contributed by atoms with Crippen LogP contribution in [0, 0.1) is 0 Å². The van der Waals surface area contributed by atoms with E-state index in [0.29, 0.717) is 12.8 Å². The fraction of sp³-hybridized carbons (Fsp3) is 0.908. The van der Waals surface area contributed by atoms with E-state index in [1.54, 1.807) is 6.08 Å². The molecule has 3 heterocycles. The smallest absolute Gasteiger partial charge is 0.220 e. The van der Waals surface area contributed by atoms with Gasteiger partial charge in [-0.1, -0.05) is 281 Å². The maximum atomic E-state index is 13.4. The van der Waals surface area contributed by atoms with Crippen molar-refractivity contribution < 1.29 is 89.4 Å². The molecule has 0 radical (unpaired) electrons. The van der Waals surface area contributed by atoms with Crippen LogP contribution in [0.4, 0.5) is 0 Å². The zero-order valence-corrected chi connectivity index (χ0v) is 59.4. The van der Waals surface area contributed by atoms with Gasteiger partial charge in [0.1, 0.15) is 73.2 Å². The van der Waals surface area contributed by atoms with Crippen LogP contribution < -0.4 is 5.32 Å². The summed E-state index contributed by atoms with van der Waals surface area (Å²) in [4.78, 5) is 13.4. The predicted molar refractivity (Wildman–Crippen MR) is 374 cm³/mol. The van der Waals surface area contributed by atoms with Crippen molar-refractivity contribution in [2.45, 2.75) is 413 Å². The van der Waals surface area contributed by atoms with E-state index >= 15 is 0 Å². The molecule has 3 aliphatic rings. The van der Waals surface area contributed by atoms with Crippen LogP contribution in [-0.4, -0.2) is 193 Å². The number of rotatable bonds is 61. The molecule has 19 heteroatoms. The number of hydrogen-bond donors (Lipinski definition) is 12. The molecule has 0 aromatic heterocycles. The monoisotopic (exact) mass is 1360 g/mol. The summed E-state index contributed by atoms with van der Waals surface area (Å²) in [5, 5.41) is 121. The molecule has 1 amide bonds. The highest BCUT2D eigenvalue weighted by Crippen LogP contribution is 2.33. The quantitative estimate of drug-likeness (QED) is 0.0199. The number of nitrogens with one attached hydrogen (secondary N) is 1. The molecule has 3 aliphatic heterocycles. The first-order valence-corrected chi connectivity index (χ1v) is 38.7. The number of carbonyl (C=O) groups is 1. The molecule has 0 bridgehead atoms. The van der Waals surface area contributed by atoms with E-state index in [9.17, 15) is 61.0 Å². The van der Waals surface area contributed by atoms with Gasteiger partial charge in [-0.05, 0) is 57.8 Å². The molecule has 0 aromatic rings. The summed E-state index contributed by atoms with van der Waals surface area (Å²) in [7, 11) is 0. The average molecular weight is 1360 g/mol. The predicted octanol–water partition coefficient (Wildman–Crippen LogP) is 11.9. The Morgan fingerprint density at radius 1 is 0.368 bits per heavy atom. The molecule has 558 valence electrons. The Bertz CT molecular complexity index is 1860. The van der Waals surface area contributed by atoms with Crippen LogP contribution in [0.15, 0.2) is 36.5 Å². The van der Waals surface area contributed by atoms with E-state index in [1.165, 1.54) is 238 Å². The molecule has 0 aliphatic carbocycles. The standard InChI is InChI=1S/C76H141NO18/c1-3-5-7-9-11-13-15-17-19-21-23-24-25-26-27-28-29-30-31-32-33-34-36-38-40-42-44-46-48-50-52-54-64(82)77-59(60(81)53-51-49-47-45-43-41-39-37-35-22-20-18-16-14-12-10-8-6-4-2)58-90-74-70(88)67(85)72(62(56-79)92-74)95-76-71(89)68(86)73(63(57-80)93-76)94-75-69(87)66(84)65(83)61(55-78)91-75/h21,23,43,45,51,53,59-63,65-76,78-81,83-89H,3-20,22,24-42,44,46-50,52,54-58H2,1-2H3,(H,77,82)/b23-21-,45-43+,53-51+. The van der Waals surface area contributed by atoms with Gasteiger partial charge in [0.05, 0.1) is 38.6 Å². The Morgan fingerprint density at radius 3 is 1.05 bits per heavy atom. The molecule has 17 atom stereocenters. The zero-order valence-electron chi connectivity index (χ0n) is 59.4. The van der Waals surface area contributed by atoms with E-state index in [0.717, 1.165) is 38.5 Å². The molecular weight excluding hydrogens is 1210 g/mol. The Hall–Kier alpha value is -1.99. The third-order valence-corrected chi connectivity index (χ3v) is 19.4. The molecule has 3 rings (SSSR count). The Kier molecular flexibility index (Phi) is 52.9. The second-order valence-corrected chi connectivity index (χ2v) is 27.8. The second-order valence-electron chi connectivity index (χ2n) is 27.8. The number of allylic oxidation sites excluding steroid dienone is 5. The maximum absolute atomic E-state index is 13.4. The Morgan fingerprint density at radius 2 is 0.674 bits per heavy atom. The third-order valence-electron chi connectivity index (χ3n) is 19.4. The van der Waals surface area contributed by atoms with Gasteiger partial charge in [0.25, 0.3) is 0 Å². The molecule has 0 spiro atoms. The fourth-order valence-electron chi connectivity index (χ4n) is 13.1. The molecule has 19 nitrogen and oxygen atoms in total. The van der Waals surface area contributed by atoms with Crippen molar-refractivity contribution in [3.63, 3.8) is 0 Å². The van der Waals surface area contributed by atoms with Gasteiger partial charge in [0.15, 0.2) is 18.9 Å². The lowest BCUT2D eigenvalue weighted by Gasteiger charge is -2.48. The average Bonchev–Trinajstić information content (AvgIpc) is 0.787. The first kappa shape index (κ1) is 87.2. The van der Waals surface area contributed by atoms with Gasteiger partial charge < -0.3 is 89.9 Å². The fourth-order valence-corrected chi connectivity index (χ4v) is 13.1. The summed E-state index contributed by atoms with van der Waals surface area (Å²) in [6, 6.07) is -0.989. The van der Waals surface area contributed by atoms with Crippen molar-refractivity contribution in [3.05, 3.63) is 36.5 Å². The highest BCUT2D eigenvalue weighted by molar-refractivity contribution is 5.76. The lowest BCUT2D eigenvalue weighted by molar-refractivity contribution is -0.379. The van der Waals surface area contributed by atoms with Crippen molar-refractivity contribution in [1.82, 2.24) is 5.32 Å². The molecule has 12 N–H and O–H groups in total. The first-order chi connectivity index (χ1) is 46.3. The van der Waals surface area contributed by atoms with Gasteiger partial charge in [0.2, 0.25) is 5.91 Å². The van der Waals surface area contributed by atoms with Gasteiger partial charge in [0, 0.05) is 6.42 Å². The van der Waals surface area contributed by atoms with Crippen LogP contribution in [0.3, 0.4) is 0 Å². The van der Waals surface area contributed by atoms with Crippen LogP contribution in [0.25, 0.3) is 0 Å². The minimum atomic E-state index is -1.98. The van der Waals surface area contributed by atoms with Gasteiger partial charge in [-0.15, -0.1) is 0 Å².